The Morgan fingerprint density at radius 3 is 2.71 bits per heavy atom. The largest absolute Gasteiger partial charge is 0.377 e. The Balaban J connectivity index is 2.69. The minimum atomic E-state index is 0.803. The highest BCUT2D eigenvalue weighted by Gasteiger charge is 2.08. The summed E-state index contributed by atoms with van der Waals surface area (Å²) in [6.07, 6.45) is 5.98. The van der Waals surface area contributed by atoms with Gasteiger partial charge >= 0.3 is 0 Å². The zero-order chi connectivity index (χ0) is 12.3. The SMILES string of the molecule is CN(C)C(=CC=O)c1cncc2ccccc12. The number of fused-ring (bicyclic) bond motifs is 1. The third-order valence-corrected chi connectivity index (χ3v) is 2.65. The Kier molecular flexibility index (Phi) is 3.19. The van der Waals surface area contributed by atoms with Gasteiger partial charge in [-0.1, -0.05) is 24.3 Å². The van der Waals surface area contributed by atoms with Gasteiger partial charge in [0.2, 0.25) is 0 Å². The van der Waals surface area contributed by atoms with E-state index in [1.165, 1.54) is 0 Å². The summed E-state index contributed by atoms with van der Waals surface area (Å²) < 4.78 is 0. The molecule has 0 bridgehead atoms. The molecule has 0 aliphatic rings. The van der Waals surface area contributed by atoms with E-state index in [9.17, 15) is 4.79 Å². The molecule has 1 aromatic carbocycles. The number of allylic oxidation sites excluding steroid dienone is 1. The Bertz CT molecular complexity index is 568. The molecule has 0 aliphatic heterocycles. The molecule has 86 valence electrons. The van der Waals surface area contributed by atoms with Gasteiger partial charge in [0.15, 0.2) is 0 Å². The minimum Gasteiger partial charge on any atom is -0.377 e. The monoisotopic (exact) mass is 226 g/mol. The van der Waals surface area contributed by atoms with E-state index in [0.29, 0.717) is 0 Å². The van der Waals surface area contributed by atoms with Crippen molar-refractivity contribution in [2.24, 2.45) is 0 Å². The first-order chi connectivity index (χ1) is 8.24. The van der Waals surface area contributed by atoms with Crippen LogP contribution < -0.4 is 0 Å². The molecular formula is C14H14N2O. The maximum Gasteiger partial charge on any atom is 0.144 e. The number of pyridine rings is 1. The zero-order valence-electron chi connectivity index (χ0n) is 9.92. The summed E-state index contributed by atoms with van der Waals surface area (Å²) in [6.45, 7) is 0. The van der Waals surface area contributed by atoms with Crippen LogP contribution in [0.5, 0.6) is 0 Å². The van der Waals surface area contributed by atoms with Crippen LogP contribution in [-0.4, -0.2) is 30.3 Å². The maximum absolute atomic E-state index is 10.7. The van der Waals surface area contributed by atoms with Crippen LogP contribution in [0.4, 0.5) is 0 Å². The third kappa shape index (κ3) is 2.18. The number of rotatable bonds is 3. The molecule has 2 rings (SSSR count). The Hall–Kier alpha value is -2.16. The summed E-state index contributed by atoms with van der Waals surface area (Å²) in [5.41, 5.74) is 1.84. The molecule has 0 spiro atoms. The number of hydrogen-bond donors (Lipinski definition) is 0. The summed E-state index contributed by atoms with van der Waals surface area (Å²) in [7, 11) is 3.83. The topological polar surface area (TPSA) is 33.2 Å². The Labute approximate surface area is 100 Å². The number of aromatic nitrogens is 1. The standard InChI is InChI=1S/C14H14N2O/c1-16(2)14(7-8-17)13-10-15-9-11-5-3-4-6-12(11)13/h3-10H,1-2H3. The molecule has 0 unspecified atom stereocenters. The summed E-state index contributed by atoms with van der Waals surface area (Å²) in [5, 5.41) is 2.17. The molecule has 1 heterocycles. The fourth-order valence-electron chi connectivity index (χ4n) is 1.86. The van der Waals surface area contributed by atoms with Crippen molar-refractivity contribution in [3.05, 3.63) is 48.3 Å². The van der Waals surface area contributed by atoms with Crippen LogP contribution in [0.2, 0.25) is 0 Å². The van der Waals surface area contributed by atoms with E-state index in [4.69, 9.17) is 0 Å². The lowest BCUT2D eigenvalue weighted by atomic mass is 10.0. The summed E-state index contributed by atoms with van der Waals surface area (Å²) in [6, 6.07) is 8.01. The fraction of sp³-hybridized carbons (Fsp3) is 0.143. The van der Waals surface area contributed by atoms with Crippen LogP contribution in [-0.2, 0) is 4.79 Å². The van der Waals surface area contributed by atoms with Crippen LogP contribution in [0.1, 0.15) is 5.56 Å². The third-order valence-electron chi connectivity index (χ3n) is 2.65. The van der Waals surface area contributed by atoms with Crippen molar-refractivity contribution in [2.75, 3.05) is 14.1 Å². The van der Waals surface area contributed by atoms with Gasteiger partial charge in [-0.15, -0.1) is 0 Å². The molecule has 0 atom stereocenters. The van der Waals surface area contributed by atoms with Crippen molar-refractivity contribution in [3.8, 4) is 0 Å². The summed E-state index contributed by atoms with van der Waals surface area (Å²) in [5.74, 6) is 0. The zero-order valence-corrected chi connectivity index (χ0v) is 9.92. The minimum absolute atomic E-state index is 0.803. The van der Waals surface area contributed by atoms with Crippen molar-refractivity contribution in [1.82, 2.24) is 9.88 Å². The van der Waals surface area contributed by atoms with Gasteiger partial charge in [-0.3, -0.25) is 9.78 Å². The van der Waals surface area contributed by atoms with Crippen molar-refractivity contribution in [2.45, 2.75) is 0 Å². The highest BCUT2D eigenvalue weighted by Crippen LogP contribution is 2.24. The molecule has 17 heavy (non-hydrogen) atoms. The normalized spacial score (nSPS) is 11.5. The van der Waals surface area contributed by atoms with Gasteiger partial charge in [0.05, 0.1) is 0 Å². The second-order valence-corrected chi connectivity index (χ2v) is 3.99. The van der Waals surface area contributed by atoms with Crippen LogP contribution in [0.3, 0.4) is 0 Å². The van der Waals surface area contributed by atoms with E-state index < -0.39 is 0 Å². The average Bonchev–Trinajstić information content (AvgIpc) is 2.35. The molecule has 1 aromatic heterocycles. The fourth-order valence-corrected chi connectivity index (χ4v) is 1.86. The number of nitrogens with zero attached hydrogens (tertiary/aromatic N) is 2. The van der Waals surface area contributed by atoms with Crippen LogP contribution >= 0.6 is 0 Å². The quantitative estimate of drug-likeness (QED) is 0.595. The van der Waals surface area contributed by atoms with Gasteiger partial charge in [-0.25, -0.2) is 0 Å². The van der Waals surface area contributed by atoms with Crippen LogP contribution in [0.25, 0.3) is 16.5 Å². The second-order valence-electron chi connectivity index (χ2n) is 3.99. The van der Waals surface area contributed by atoms with Crippen molar-refractivity contribution in [3.63, 3.8) is 0 Å². The maximum atomic E-state index is 10.7. The van der Waals surface area contributed by atoms with E-state index in [-0.39, 0.29) is 0 Å². The van der Waals surface area contributed by atoms with Gasteiger partial charge in [0.1, 0.15) is 6.29 Å². The number of carbonyl (C=O) groups is 1. The first kappa shape index (κ1) is 11.3. The molecular weight excluding hydrogens is 212 g/mol. The average molecular weight is 226 g/mol. The summed E-state index contributed by atoms with van der Waals surface area (Å²) >= 11 is 0. The molecule has 0 fully saturated rings. The highest BCUT2D eigenvalue weighted by atomic mass is 16.1. The molecule has 0 radical (unpaired) electrons. The first-order valence-electron chi connectivity index (χ1n) is 5.40. The van der Waals surface area contributed by atoms with Gasteiger partial charge in [-0.05, 0) is 5.39 Å². The molecule has 0 saturated carbocycles. The Morgan fingerprint density at radius 1 is 1.24 bits per heavy atom. The molecule has 2 aromatic rings. The smallest absolute Gasteiger partial charge is 0.144 e. The van der Waals surface area contributed by atoms with E-state index in [2.05, 4.69) is 4.98 Å². The number of carbonyl (C=O) groups excluding carboxylic acids is 1. The van der Waals surface area contributed by atoms with Crippen molar-refractivity contribution >= 4 is 22.8 Å². The molecule has 0 amide bonds. The predicted octanol–water partition coefficient (Wildman–Crippen LogP) is 2.34. The molecule has 3 heteroatoms. The van der Waals surface area contributed by atoms with Gasteiger partial charge in [-0.2, -0.15) is 0 Å². The van der Waals surface area contributed by atoms with Crippen LogP contribution in [0.15, 0.2) is 42.7 Å². The number of benzene rings is 1. The van der Waals surface area contributed by atoms with Gasteiger partial charge in [0.25, 0.3) is 0 Å². The molecule has 0 N–H and O–H groups in total. The van der Waals surface area contributed by atoms with Crippen molar-refractivity contribution < 1.29 is 4.79 Å². The van der Waals surface area contributed by atoms with E-state index in [0.717, 1.165) is 28.3 Å². The lowest BCUT2D eigenvalue weighted by Crippen LogP contribution is -2.10. The van der Waals surface area contributed by atoms with Crippen molar-refractivity contribution in [1.29, 1.82) is 0 Å². The van der Waals surface area contributed by atoms with Gasteiger partial charge in [0, 0.05) is 49.2 Å². The van der Waals surface area contributed by atoms with E-state index in [1.54, 1.807) is 12.3 Å². The van der Waals surface area contributed by atoms with Gasteiger partial charge < -0.3 is 4.90 Å². The first-order valence-corrected chi connectivity index (χ1v) is 5.40. The summed E-state index contributed by atoms with van der Waals surface area (Å²) in [4.78, 5) is 16.8. The van der Waals surface area contributed by atoms with E-state index in [1.807, 2.05) is 49.5 Å². The molecule has 3 nitrogen and oxygen atoms in total. The highest BCUT2D eigenvalue weighted by molar-refractivity contribution is 5.95. The molecule has 0 saturated heterocycles. The number of aldehydes is 1. The predicted molar refractivity (Wildman–Crippen MR) is 69.5 cm³/mol. The lowest BCUT2D eigenvalue weighted by Gasteiger charge is -2.18. The van der Waals surface area contributed by atoms with Crippen LogP contribution in [0, 0.1) is 0 Å². The number of hydrogen-bond acceptors (Lipinski definition) is 3. The second kappa shape index (κ2) is 4.78. The Morgan fingerprint density at radius 2 is 2.00 bits per heavy atom. The van der Waals surface area contributed by atoms with E-state index >= 15 is 0 Å². The molecule has 0 aliphatic carbocycles. The lowest BCUT2D eigenvalue weighted by molar-refractivity contribution is -0.104.